The van der Waals surface area contributed by atoms with Crippen LogP contribution in [0.4, 0.5) is 4.39 Å². The SMILES string of the molecule is CCNC(Cc1ccccc1Br)c1ccc(Cl)c(F)c1. The standard InChI is InChI=1S/C16H16BrClFN/c1-2-20-16(10-11-5-3-4-6-13(11)17)12-7-8-14(18)15(19)9-12/h3-9,16,20H,2,10H2,1H3. The fourth-order valence-electron chi connectivity index (χ4n) is 2.17. The normalized spacial score (nSPS) is 12.4. The summed E-state index contributed by atoms with van der Waals surface area (Å²) in [7, 11) is 0. The van der Waals surface area contributed by atoms with Crippen LogP contribution in [0, 0.1) is 5.82 Å². The van der Waals surface area contributed by atoms with Gasteiger partial charge in [-0.1, -0.05) is 58.7 Å². The molecule has 0 radical (unpaired) electrons. The highest BCUT2D eigenvalue weighted by Gasteiger charge is 2.14. The molecule has 0 aliphatic heterocycles. The van der Waals surface area contributed by atoms with Crippen molar-refractivity contribution in [1.29, 1.82) is 0 Å². The molecule has 0 fully saturated rings. The second-order valence-corrected chi connectivity index (χ2v) is 5.84. The van der Waals surface area contributed by atoms with Crippen LogP contribution < -0.4 is 5.32 Å². The molecular formula is C16H16BrClFN. The summed E-state index contributed by atoms with van der Waals surface area (Å²) in [6.45, 7) is 2.86. The number of nitrogens with one attached hydrogen (secondary N) is 1. The molecule has 0 saturated carbocycles. The van der Waals surface area contributed by atoms with Gasteiger partial charge < -0.3 is 5.32 Å². The Hall–Kier alpha value is -0.900. The summed E-state index contributed by atoms with van der Waals surface area (Å²) in [6, 6.07) is 13.1. The maximum absolute atomic E-state index is 13.6. The molecule has 0 saturated heterocycles. The fourth-order valence-corrected chi connectivity index (χ4v) is 2.73. The van der Waals surface area contributed by atoms with E-state index in [1.807, 2.05) is 31.2 Å². The van der Waals surface area contributed by atoms with Crippen LogP contribution in [0.15, 0.2) is 46.9 Å². The van der Waals surface area contributed by atoms with Gasteiger partial charge in [0.2, 0.25) is 0 Å². The Bertz CT molecular complexity index is 588. The number of halogens is 3. The zero-order valence-electron chi connectivity index (χ0n) is 11.2. The second-order valence-electron chi connectivity index (χ2n) is 4.58. The molecule has 2 aromatic rings. The van der Waals surface area contributed by atoms with E-state index in [9.17, 15) is 4.39 Å². The van der Waals surface area contributed by atoms with Crippen LogP contribution in [0.5, 0.6) is 0 Å². The van der Waals surface area contributed by atoms with Gasteiger partial charge in [-0.2, -0.15) is 0 Å². The molecule has 4 heteroatoms. The average Bonchev–Trinajstić information content (AvgIpc) is 2.44. The largest absolute Gasteiger partial charge is 0.310 e. The number of benzene rings is 2. The molecule has 2 aromatic carbocycles. The van der Waals surface area contributed by atoms with Crippen LogP contribution >= 0.6 is 27.5 Å². The van der Waals surface area contributed by atoms with Gasteiger partial charge in [0, 0.05) is 10.5 Å². The molecule has 1 unspecified atom stereocenters. The van der Waals surface area contributed by atoms with Gasteiger partial charge in [-0.3, -0.25) is 0 Å². The molecule has 1 nitrogen and oxygen atoms in total. The maximum Gasteiger partial charge on any atom is 0.142 e. The molecule has 20 heavy (non-hydrogen) atoms. The maximum atomic E-state index is 13.6. The van der Waals surface area contributed by atoms with Crippen molar-refractivity contribution in [3.05, 3.63) is 68.9 Å². The van der Waals surface area contributed by atoms with E-state index in [4.69, 9.17) is 11.6 Å². The highest BCUT2D eigenvalue weighted by molar-refractivity contribution is 9.10. The molecule has 1 atom stereocenters. The van der Waals surface area contributed by atoms with Crippen molar-refractivity contribution in [2.75, 3.05) is 6.54 Å². The monoisotopic (exact) mass is 355 g/mol. The van der Waals surface area contributed by atoms with E-state index in [2.05, 4.69) is 27.3 Å². The summed E-state index contributed by atoms with van der Waals surface area (Å²) in [5.41, 5.74) is 2.10. The van der Waals surface area contributed by atoms with Crippen molar-refractivity contribution >= 4 is 27.5 Å². The van der Waals surface area contributed by atoms with E-state index in [1.54, 1.807) is 6.07 Å². The van der Waals surface area contributed by atoms with Crippen LogP contribution in [-0.2, 0) is 6.42 Å². The predicted octanol–water partition coefficient (Wildman–Crippen LogP) is 5.13. The van der Waals surface area contributed by atoms with E-state index in [1.165, 1.54) is 11.6 Å². The second kappa shape index (κ2) is 7.21. The van der Waals surface area contributed by atoms with E-state index in [0.717, 1.165) is 23.0 Å². The fraction of sp³-hybridized carbons (Fsp3) is 0.250. The van der Waals surface area contributed by atoms with Crippen LogP contribution in [-0.4, -0.2) is 6.54 Å². The van der Waals surface area contributed by atoms with Crippen molar-refractivity contribution in [2.45, 2.75) is 19.4 Å². The molecule has 0 aromatic heterocycles. The van der Waals surface area contributed by atoms with Crippen molar-refractivity contribution in [3.63, 3.8) is 0 Å². The van der Waals surface area contributed by atoms with Gasteiger partial charge in [-0.25, -0.2) is 4.39 Å². The molecule has 106 valence electrons. The summed E-state index contributed by atoms with van der Waals surface area (Å²) in [5.74, 6) is -0.376. The number of hydrogen-bond donors (Lipinski definition) is 1. The smallest absolute Gasteiger partial charge is 0.142 e. The van der Waals surface area contributed by atoms with Crippen molar-refractivity contribution in [1.82, 2.24) is 5.32 Å². The van der Waals surface area contributed by atoms with E-state index in [0.29, 0.717) is 0 Å². The average molecular weight is 357 g/mol. The Morgan fingerprint density at radius 2 is 2.00 bits per heavy atom. The highest BCUT2D eigenvalue weighted by atomic mass is 79.9. The predicted molar refractivity (Wildman–Crippen MR) is 85.7 cm³/mol. The Morgan fingerprint density at radius 1 is 1.25 bits per heavy atom. The lowest BCUT2D eigenvalue weighted by Crippen LogP contribution is -2.23. The number of hydrogen-bond acceptors (Lipinski definition) is 1. The van der Waals surface area contributed by atoms with Crippen LogP contribution in [0.25, 0.3) is 0 Å². The van der Waals surface area contributed by atoms with E-state index >= 15 is 0 Å². The third kappa shape index (κ3) is 3.81. The minimum Gasteiger partial charge on any atom is -0.310 e. The molecule has 0 heterocycles. The molecule has 0 aliphatic carbocycles. The minimum absolute atomic E-state index is 0.0606. The lowest BCUT2D eigenvalue weighted by molar-refractivity contribution is 0.542. The summed E-state index contributed by atoms with van der Waals surface area (Å²) in [5, 5.41) is 3.55. The van der Waals surface area contributed by atoms with Gasteiger partial charge in [0.25, 0.3) is 0 Å². The van der Waals surface area contributed by atoms with Gasteiger partial charge in [-0.05, 0) is 42.3 Å². The van der Waals surface area contributed by atoms with Crippen LogP contribution in [0.2, 0.25) is 5.02 Å². The van der Waals surface area contributed by atoms with Gasteiger partial charge in [-0.15, -0.1) is 0 Å². The number of rotatable bonds is 5. The molecular weight excluding hydrogens is 341 g/mol. The van der Waals surface area contributed by atoms with Crippen molar-refractivity contribution < 1.29 is 4.39 Å². The first-order chi connectivity index (χ1) is 9.61. The van der Waals surface area contributed by atoms with Crippen molar-refractivity contribution in [2.24, 2.45) is 0 Å². The molecule has 2 rings (SSSR count). The van der Waals surface area contributed by atoms with Crippen LogP contribution in [0.1, 0.15) is 24.1 Å². The first-order valence-electron chi connectivity index (χ1n) is 6.53. The zero-order chi connectivity index (χ0) is 14.5. The first kappa shape index (κ1) is 15.5. The molecule has 0 aliphatic rings. The highest BCUT2D eigenvalue weighted by Crippen LogP contribution is 2.26. The van der Waals surface area contributed by atoms with E-state index < -0.39 is 0 Å². The molecule has 0 bridgehead atoms. The quantitative estimate of drug-likeness (QED) is 0.782. The number of likely N-dealkylation sites (N-methyl/N-ethyl adjacent to an activating group) is 1. The topological polar surface area (TPSA) is 12.0 Å². The molecule has 1 N–H and O–H groups in total. The summed E-state index contributed by atoms with van der Waals surface area (Å²) in [4.78, 5) is 0. The minimum atomic E-state index is -0.376. The summed E-state index contributed by atoms with van der Waals surface area (Å²) in [6.07, 6.45) is 0.788. The Morgan fingerprint density at radius 3 is 2.65 bits per heavy atom. The Balaban J connectivity index is 2.27. The molecule has 0 amide bonds. The summed E-state index contributed by atoms with van der Waals surface area (Å²) < 4.78 is 14.7. The lowest BCUT2D eigenvalue weighted by Gasteiger charge is -2.19. The zero-order valence-corrected chi connectivity index (χ0v) is 13.5. The van der Waals surface area contributed by atoms with E-state index in [-0.39, 0.29) is 16.9 Å². The lowest BCUT2D eigenvalue weighted by atomic mass is 9.98. The summed E-state index contributed by atoms with van der Waals surface area (Å²) >= 11 is 9.30. The van der Waals surface area contributed by atoms with Crippen molar-refractivity contribution in [3.8, 4) is 0 Å². The van der Waals surface area contributed by atoms with Crippen LogP contribution in [0.3, 0.4) is 0 Å². The first-order valence-corrected chi connectivity index (χ1v) is 7.70. The van der Waals surface area contributed by atoms with Gasteiger partial charge in [0.15, 0.2) is 0 Å². The third-order valence-corrected chi connectivity index (χ3v) is 4.26. The van der Waals surface area contributed by atoms with Gasteiger partial charge >= 0.3 is 0 Å². The molecule has 0 spiro atoms. The Kier molecular flexibility index (Phi) is 5.58. The van der Waals surface area contributed by atoms with Gasteiger partial charge in [0.1, 0.15) is 5.82 Å². The van der Waals surface area contributed by atoms with Gasteiger partial charge in [0.05, 0.1) is 5.02 Å². The third-order valence-electron chi connectivity index (χ3n) is 3.18. The Labute approximate surface area is 132 Å².